The van der Waals surface area contributed by atoms with Gasteiger partial charge in [0, 0.05) is 35.8 Å². The summed E-state index contributed by atoms with van der Waals surface area (Å²) in [5, 5.41) is 15.1. The fraction of sp³-hybridized carbons (Fsp3) is 0.391. The zero-order chi connectivity index (χ0) is 23.8. The van der Waals surface area contributed by atoms with Crippen molar-refractivity contribution in [2.24, 2.45) is 4.99 Å². The van der Waals surface area contributed by atoms with Crippen LogP contribution in [0, 0.1) is 6.92 Å². The van der Waals surface area contributed by atoms with E-state index < -0.39 is 5.69 Å². The molecule has 1 aliphatic rings. The lowest BCUT2D eigenvalue weighted by molar-refractivity contribution is -0.0669. The molecule has 2 unspecified atom stereocenters. The van der Waals surface area contributed by atoms with Crippen molar-refractivity contribution >= 4 is 23.1 Å². The van der Waals surface area contributed by atoms with Crippen molar-refractivity contribution in [3.05, 3.63) is 56.2 Å². The molecule has 1 saturated heterocycles. The standard InChI is InChI=1S/C23H27N7O3S/c1-13-11-29(12-14(2)33-13)7-6-24-20-9-17(19-5-4-15(3)34-19)26-21-16(10-25-30(20)21)8-18-22(31)28-23(32)27-18/h4-5,8-10,13-14,31H,6-7,11-12H2,1-3H3,(H2,27,28,32). The number of morpholine rings is 1. The molecule has 0 spiro atoms. The van der Waals surface area contributed by atoms with E-state index >= 15 is 0 Å². The smallest absolute Gasteiger partial charge is 0.326 e. The Morgan fingerprint density at radius 3 is 2.76 bits per heavy atom. The van der Waals surface area contributed by atoms with Crippen molar-refractivity contribution in [3.8, 4) is 16.5 Å². The van der Waals surface area contributed by atoms with Gasteiger partial charge >= 0.3 is 5.69 Å². The van der Waals surface area contributed by atoms with E-state index in [1.54, 1.807) is 28.1 Å². The fourth-order valence-electron chi connectivity index (χ4n) is 4.30. The largest absolute Gasteiger partial charge is 0.493 e. The lowest BCUT2D eigenvalue weighted by Gasteiger charge is -2.34. The molecule has 0 aliphatic carbocycles. The maximum atomic E-state index is 11.5. The Bertz CT molecular complexity index is 1490. The lowest BCUT2D eigenvalue weighted by atomic mass is 10.2. The molecule has 5 rings (SSSR count). The summed E-state index contributed by atoms with van der Waals surface area (Å²) in [5.74, 6) is -0.228. The van der Waals surface area contributed by atoms with Crippen LogP contribution in [0.2, 0.25) is 0 Å². The van der Waals surface area contributed by atoms with Crippen LogP contribution in [0.25, 0.3) is 22.3 Å². The van der Waals surface area contributed by atoms with E-state index in [1.807, 2.05) is 12.1 Å². The number of aromatic nitrogens is 5. The molecule has 2 atom stereocenters. The molecule has 3 N–H and O–H groups in total. The molecule has 5 heterocycles. The van der Waals surface area contributed by atoms with Crippen LogP contribution in [0.15, 0.2) is 34.2 Å². The van der Waals surface area contributed by atoms with Crippen LogP contribution in [0.3, 0.4) is 0 Å². The predicted molar refractivity (Wildman–Crippen MR) is 130 cm³/mol. The van der Waals surface area contributed by atoms with E-state index in [1.165, 1.54) is 4.88 Å². The summed E-state index contributed by atoms with van der Waals surface area (Å²) in [6.45, 7) is 9.48. The normalized spacial score (nSPS) is 20.6. The maximum Gasteiger partial charge on any atom is 0.326 e. The van der Waals surface area contributed by atoms with E-state index in [2.05, 4.69) is 46.8 Å². The summed E-state index contributed by atoms with van der Waals surface area (Å²) in [5.41, 5.74) is 1.89. The Hall–Kier alpha value is -3.28. The third kappa shape index (κ3) is 4.67. The number of imidazole rings is 1. The van der Waals surface area contributed by atoms with Gasteiger partial charge in [0.25, 0.3) is 0 Å². The van der Waals surface area contributed by atoms with Crippen molar-refractivity contribution in [3.63, 3.8) is 0 Å². The second kappa shape index (κ2) is 9.16. The molecular weight excluding hydrogens is 454 g/mol. The molecule has 10 nitrogen and oxygen atoms in total. The van der Waals surface area contributed by atoms with Crippen molar-refractivity contribution in [1.82, 2.24) is 29.5 Å². The molecule has 34 heavy (non-hydrogen) atoms. The van der Waals surface area contributed by atoms with Crippen LogP contribution in [-0.4, -0.2) is 73.0 Å². The van der Waals surface area contributed by atoms with Gasteiger partial charge in [-0.1, -0.05) is 0 Å². The van der Waals surface area contributed by atoms with Gasteiger partial charge in [0.2, 0.25) is 5.88 Å². The monoisotopic (exact) mass is 481 g/mol. The van der Waals surface area contributed by atoms with Crippen molar-refractivity contribution in [2.75, 3.05) is 26.2 Å². The number of nitrogens with one attached hydrogen (secondary N) is 2. The summed E-state index contributed by atoms with van der Waals surface area (Å²) in [4.78, 5) is 30.7. The fourth-order valence-corrected chi connectivity index (χ4v) is 5.13. The van der Waals surface area contributed by atoms with Gasteiger partial charge in [-0.3, -0.25) is 14.9 Å². The summed E-state index contributed by atoms with van der Waals surface area (Å²) in [7, 11) is 0. The topological polar surface area (TPSA) is 124 Å². The Kier molecular flexibility index (Phi) is 6.07. The SMILES string of the molecule is Cc1ccc(-c2cc(=NCCN3CC(C)OC(C)C3)n3ncc(=Cc4[nH]c(=O)[nH]c4O)c3n2)s1. The lowest BCUT2D eigenvalue weighted by Crippen LogP contribution is -2.46. The number of hydrogen-bond acceptors (Lipinski definition) is 8. The van der Waals surface area contributed by atoms with E-state index in [9.17, 15) is 9.90 Å². The highest BCUT2D eigenvalue weighted by Gasteiger charge is 2.21. The number of aromatic hydroxyl groups is 1. The van der Waals surface area contributed by atoms with Crippen LogP contribution in [0.4, 0.5) is 0 Å². The molecular formula is C23H27N7O3S. The van der Waals surface area contributed by atoms with Gasteiger partial charge in [0.15, 0.2) is 11.1 Å². The summed E-state index contributed by atoms with van der Waals surface area (Å²) in [6.07, 6.45) is 3.73. The van der Waals surface area contributed by atoms with E-state index in [0.717, 1.165) is 30.2 Å². The van der Waals surface area contributed by atoms with Crippen LogP contribution in [-0.2, 0) is 4.74 Å². The van der Waals surface area contributed by atoms with Gasteiger partial charge < -0.3 is 14.8 Å². The molecule has 1 aliphatic heterocycles. The average molecular weight is 482 g/mol. The predicted octanol–water partition coefficient (Wildman–Crippen LogP) is 1.05. The minimum Gasteiger partial charge on any atom is -0.493 e. The molecule has 0 saturated carbocycles. The minimum absolute atomic E-state index is 0.213. The van der Waals surface area contributed by atoms with E-state index in [4.69, 9.17) is 14.7 Å². The third-order valence-corrected chi connectivity index (χ3v) is 6.72. The highest BCUT2D eigenvalue weighted by Crippen LogP contribution is 2.25. The van der Waals surface area contributed by atoms with Crippen LogP contribution < -0.4 is 16.4 Å². The number of rotatable bonds is 5. The van der Waals surface area contributed by atoms with Crippen molar-refractivity contribution in [2.45, 2.75) is 33.0 Å². The zero-order valence-corrected chi connectivity index (χ0v) is 20.1. The number of hydrogen-bond donors (Lipinski definition) is 3. The first-order chi connectivity index (χ1) is 16.4. The Balaban J connectivity index is 1.56. The van der Waals surface area contributed by atoms with E-state index in [0.29, 0.717) is 22.9 Å². The molecule has 11 heteroatoms. The Morgan fingerprint density at radius 1 is 1.29 bits per heavy atom. The minimum atomic E-state index is -0.481. The number of ether oxygens (including phenoxy) is 1. The number of fused-ring (bicyclic) bond motifs is 1. The van der Waals surface area contributed by atoms with Crippen molar-refractivity contribution < 1.29 is 9.84 Å². The number of thiophene rings is 1. The Labute approximate surface area is 199 Å². The first-order valence-electron chi connectivity index (χ1n) is 11.2. The highest BCUT2D eigenvalue weighted by atomic mass is 32.1. The number of aromatic amines is 2. The van der Waals surface area contributed by atoms with Gasteiger partial charge in [-0.15, -0.1) is 11.3 Å². The Morgan fingerprint density at radius 2 is 2.09 bits per heavy atom. The second-order valence-corrected chi connectivity index (χ2v) is 9.92. The van der Waals surface area contributed by atoms with E-state index in [-0.39, 0.29) is 23.8 Å². The summed E-state index contributed by atoms with van der Waals surface area (Å²) in [6, 6.07) is 6.07. The summed E-state index contributed by atoms with van der Waals surface area (Å²) >= 11 is 1.66. The molecule has 178 valence electrons. The molecule has 0 radical (unpaired) electrons. The molecule has 1 fully saturated rings. The maximum absolute atomic E-state index is 11.5. The molecule has 4 aromatic rings. The first kappa shape index (κ1) is 22.5. The van der Waals surface area contributed by atoms with Crippen molar-refractivity contribution in [1.29, 1.82) is 0 Å². The number of H-pyrrole nitrogens is 2. The van der Waals surface area contributed by atoms with Crippen LogP contribution >= 0.6 is 11.3 Å². The quantitative estimate of drug-likeness (QED) is 0.391. The van der Waals surface area contributed by atoms with Gasteiger partial charge in [-0.25, -0.2) is 9.78 Å². The van der Waals surface area contributed by atoms with Gasteiger partial charge in [-0.2, -0.15) is 9.61 Å². The molecule has 0 bridgehead atoms. The summed E-state index contributed by atoms with van der Waals surface area (Å²) < 4.78 is 7.52. The van der Waals surface area contributed by atoms with Crippen LogP contribution in [0.5, 0.6) is 5.88 Å². The third-order valence-electron chi connectivity index (χ3n) is 5.69. The van der Waals surface area contributed by atoms with Gasteiger partial charge in [0.05, 0.1) is 35.5 Å². The number of nitrogens with zero attached hydrogens (tertiary/aromatic N) is 5. The first-order valence-corrected chi connectivity index (χ1v) is 12.0. The highest BCUT2D eigenvalue weighted by molar-refractivity contribution is 7.15. The van der Waals surface area contributed by atoms with Gasteiger partial charge in [-0.05, 0) is 39.0 Å². The van der Waals surface area contributed by atoms with Gasteiger partial charge in [0.1, 0.15) is 5.69 Å². The molecule has 4 aromatic heterocycles. The second-order valence-electron chi connectivity index (χ2n) is 8.63. The molecule has 0 aromatic carbocycles. The van der Waals surface area contributed by atoms with Crippen LogP contribution in [0.1, 0.15) is 24.4 Å². The number of aryl methyl sites for hydroxylation is 1. The molecule has 0 amide bonds. The average Bonchev–Trinajstić information content (AvgIpc) is 3.46. The zero-order valence-electron chi connectivity index (χ0n) is 19.3.